The van der Waals surface area contributed by atoms with Crippen LogP contribution < -0.4 is 19.7 Å². The van der Waals surface area contributed by atoms with E-state index in [2.05, 4.69) is 15.3 Å². The van der Waals surface area contributed by atoms with Gasteiger partial charge in [0.05, 0.1) is 6.54 Å². The van der Waals surface area contributed by atoms with Gasteiger partial charge < -0.3 is 24.8 Å². The lowest BCUT2D eigenvalue weighted by Gasteiger charge is -2.24. The number of pyridine rings is 1. The van der Waals surface area contributed by atoms with Gasteiger partial charge >= 0.3 is 6.18 Å². The van der Waals surface area contributed by atoms with Crippen LogP contribution in [0.15, 0.2) is 41.4 Å². The van der Waals surface area contributed by atoms with Crippen molar-refractivity contribution in [2.24, 2.45) is 4.99 Å². The molecule has 0 unspecified atom stereocenters. The van der Waals surface area contributed by atoms with Gasteiger partial charge in [-0.1, -0.05) is 0 Å². The molecule has 2 aromatic rings. The summed E-state index contributed by atoms with van der Waals surface area (Å²) in [5.41, 5.74) is -0.0490. The smallest absolute Gasteiger partial charge is 0.433 e. The number of rotatable bonds is 4. The highest BCUT2D eigenvalue weighted by Gasteiger charge is 2.33. The Morgan fingerprint density at radius 3 is 2.56 bits per heavy atom. The second kappa shape index (κ2) is 12.0. The van der Waals surface area contributed by atoms with Gasteiger partial charge in [0.2, 0.25) is 5.91 Å². The summed E-state index contributed by atoms with van der Waals surface area (Å²) in [5, 5.41) is 10.1. The second-order valence-corrected chi connectivity index (χ2v) is 7.67. The molecule has 192 valence electrons. The van der Waals surface area contributed by atoms with Crippen LogP contribution in [0.5, 0.6) is 11.5 Å². The summed E-state index contributed by atoms with van der Waals surface area (Å²) in [5.74, 6) is 0.0442. The number of carboxylic acids is 1. The number of benzene rings is 1. The molecular formula is C24H25F3N4O5. The summed E-state index contributed by atoms with van der Waals surface area (Å²) in [6.45, 7) is 3.37. The fourth-order valence-electron chi connectivity index (χ4n) is 3.37. The molecule has 0 fully saturated rings. The van der Waals surface area contributed by atoms with Gasteiger partial charge in [0.1, 0.15) is 24.7 Å². The van der Waals surface area contributed by atoms with E-state index in [0.29, 0.717) is 62.0 Å². The third-order valence-electron chi connectivity index (χ3n) is 4.88. The van der Waals surface area contributed by atoms with Crippen molar-refractivity contribution in [1.82, 2.24) is 4.98 Å². The number of halogens is 3. The number of nitrogens with zero attached hydrogens (tertiary/aromatic N) is 3. The second-order valence-electron chi connectivity index (χ2n) is 7.67. The molecule has 0 bridgehead atoms. The number of carbonyl (C=O) groups excluding carboxylic acids is 1. The van der Waals surface area contributed by atoms with Crippen molar-refractivity contribution in [3.63, 3.8) is 0 Å². The minimum atomic E-state index is -4.56. The molecule has 2 aliphatic rings. The Bertz CT molecular complexity index is 1140. The highest BCUT2D eigenvalue weighted by atomic mass is 19.4. The number of hydrogen-bond acceptors (Lipinski definition) is 7. The Morgan fingerprint density at radius 2 is 1.83 bits per heavy atom. The van der Waals surface area contributed by atoms with Gasteiger partial charge in [-0.2, -0.15) is 13.2 Å². The zero-order valence-electron chi connectivity index (χ0n) is 19.4. The first-order valence-electron chi connectivity index (χ1n) is 11.0. The maximum absolute atomic E-state index is 13.2. The molecule has 0 spiro atoms. The fraction of sp³-hybridized carbons (Fsp3) is 0.333. The predicted octanol–water partition coefficient (Wildman–Crippen LogP) is 3.90. The minimum absolute atomic E-state index is 0.175. The lowest BCUT2D eigenvalue weighted by atomic mass is 10.2. The molecule has 1 aromatic heterocycles. The van der Waals surface area contributed by atoms with Crippen LogP contribution in [0, 0.1) is 0 Å². The normalized spacial score (nSPS) is 15.1. The Labute approximate surface area is 205 Å². The maximum atomic E-state index is 13.2. The number of carbonyl (C=O) groups is 2. The van der Waals surface area contributed by atoms with E-state index >= 15 is 0 Å². The lowest BCUT2D eigenvalue weighted by molar-refractivity contribution is -0.141. The molecule has 2 N–H and O–H groups in total. The van der Waals surface area contributed by atoms with Crippen LogP contribution in [0.2, 0.25) is 0 Å². The minimum Gasteiger partial charge on any atom is -0.486 e. The average Bonchev–Trinajstić information content (AvgIpc) is 3.11. The molecule has 0 atom stereocenters. The van der Waals surface area contributed by atoms with Gasteiger partial charge in [-0.3, -0.25) is 14.6 Å². The van der Waals surface area contributed by atoms with Crippen molar-refractivity contribution in [2.75, 3.05) is 43.1 Å². The highest BCUT2D eigenvalue weighted by molar-refractivity contribution is 6.02. The van der Waals surface area contributed by atoms with Crippen molar-refractivity contribution in [3.8, 4) is 11.5 Å². The topological polar surface area (TPSA) is 113 Å². The monoisotopic (exact) mass is 506 g/mol. The number of aromatic nitrogens is 1. The number of anilines is 2. The van der Waals surface area contributed by atoms with Gasteiger partial charge in [0.15, 0.2) is 11.5 Å². The molecule has 4 rings (SSSR count). The summed E-state index contributed by atoms with van der Waals surface area (Å²) in [6, 6.07) is 7.28. The van der Waals surface area contributed by atoms with Gasteiger partial charge in [-0.05, 0) is 36.8 Å². The number of alkyl halides is 3. The molecule has 12 heteroatoms. The Morgan fingerprint density at radius 1 is 1.11 bits per heavy atom. The first-order chi connectivity index (χ1) is 17.1. The van der Waals surface area contributed by atoms with Crippen molar-refractivity contribution < 1.29 is 37.3 Å². The first kappa shape index (κ1) is 26.5. The van der Waals surface area contributed by atoms with Crippen LogP contribution in [0.4, 0.5) is 24.7 Å². The molecule has 2 aliphatic heterocycles. The Kier molecular flexibility index (Phi) is 8.87. The SMILES string of the molecule is CC(=O)O.O=C(/C=C/c1ccc(C(F)(F)F)nc1N1CCC=NCC1)Nc1ccc2c(c1)OCCO2. The van der Waals surface area contributed by atoms with Crippen LogP contribution >= 0.6 is 0 Å². The summed E-state index contributed by atoms with van der Waals surface area (Å²) < 4.78 is 50.6. The highest BCUT2D eigenvalue weighted by Crippen LogP contribution is 2.33. The first-order valence-corrected chi connectivity index (χ1v) is 11.0. The summed E-state index contributed by atoms with van der Waals surface area (Å²) >= 11 is 0. The van der Waals surface area contributed by atoms with E-state index in [4.69, 9.17) is 19.4 Å². The number of ether oxygens (including phenoxy) is 2. The van der Waals surface area contributed by atoms with E-state index in [1.165, 1.54) is 18.2 Å². The molecule has 9 nitrogen and oxygen atoms in total. The van der Waals surface area contributed by atoms with Gasteiger partial charge in [0.25, 0.3) is 5.97 Å². The zero-order valence-corrected chi connectivity index (χ0v) is 19.4. The van der Waals surface area contributed by atoms with E-state index < -0.39 is 23.7 Å². The average molecular weight is 506 g/mol. The van der Waals surface area contributed by atoms with Crippen LogP contribution in [-0.2, 0) is 15.8 Å². The predicted molar refractivity (Wildman–Crippen MR) is 128 cm³/mol. The third-order valence-corrected chi connectivity index (χ3v) is 4.88. The molecule has 1 amide bonds. The Hall–Kier alpha value is -4.09. The van der Waals surface area contributed by atoms with E-state index in [-0.39, 0.29) is 5.82 Å². The number of fused-ring (bicyclic) bond motifs is 1. The molecule has 0 aliphatic carbocycles. The summed E-state index contributed by atoms with van der Waals surface area (Å²) in [4.78, 5) is 31.2. The number of amides is 1. The van der Waals surface area contributed by atoms with E-state index in [1.807, 2.05) is 0 Å². The van der Waals surface area contributed by atoms with E-state index in [9.17, 15) is 18.0 Å². The van der Waals surface area contributed by atoms with Crippen molar-refractivity contribution >= 4 is 35.7 Å². The van der Waals surface area contributed by atoms with Crippen LogP contribution in [0.3, 0.4) is 0 Å². The molecule has 36 heavy (non-hydrogen) atoms. The van der Waals surface area contributed by atoms with Gasteiger partial charge in [-0.15, -0.1) is 0 Å². The van der Waals surface area contributed by atoms with E-state index in [1.54, 1.807) is 29.3 Å². The molecule has 1 aromatic carbocycles. The standard InChI is InChI=1S/C22H21F3N4O3.C2H4O2/c23-22(24,25)19-6-2-15(21(28-19)29-10-1-8-26-9-11-29)3-7-20(30)27-16-4-5-17-18(14-16)32-13-12-31-17;1-2(3)4/h2-8,14H,1,9-13H2,(H,27,30);1H3,(H,3,4)/b7-3+;. The third kappa shape index (κ3) is 7.72. The molecule has 0 radical (unpaired) electrons. The van der Waals surface area contributed by atoms with Crippen molar-refractivity contribution in [2.45, 2.75) is 19.5 Å². The largest absolute Gasteiger partial charge is 0.486 e. The summed E-state index contributed by atoms with van der Waals surface area (Å²) in [6.07, 6.45) is 0.519. The lowest BCUT2D eigenvalue weighted by Crippen LogP contribution is -2.28. The quantitative estimate of drug-likeness (QED) is 0.605. The van der Waals surface area contributed by atoms with Gasteiger partial charge in [0, 0.05) is 49.6 Å². The van der Waals surface area contributed by atoms with Crippen LogP contribution in [0.25, 0.3) is 6.08 Å². The fourth-order valence-corrected chi connectivity index (χ4v) is 3.37. The number of aliphatic imine (C=N–C) groups is 1. The Balaban J connectivity index is 0.000000840. The van der Waals surface area contributed by atoms with Crippen molar-refractivity contribution in [1.29, 1.82) is 0 Å². The van der Waals surface area contributed by atoms with Crippen LogP contribution in [-0.4, -0.2) is 61.0 Å². The summed E-state index contributed by atoms with van der Waals surface area (Å²) in [7, 11) is 0. The molecule has 0 saturated carbocycles. The number of nitrogens with one attached hydrogen (secondary N) is 1. The molecule has 3 heterocycles. The number of carboxylic acid groups (broad SMARTS) is 1. The molecular weight excluding hydrogens is 481 g/mol. The maximum Gasteiger partial charge on any atom is 0.433 e. The van der Waals surface area contributed by atoms with Gasteiger partial charge in [-0.25, -0.2) is 4.98 Å². The van der Waals surface area contributed by atoms with Crippen LogP contribution in [0.1, 0.15) is 24.6 Å². The van der Waals surface area contributed by atoms with Crippen molar-refractivity contribution in [3.05, 3.63) is 47.7 Å². The zero-order chi connectivity index (χ0) is 26.1. The van der Waals surface area contributed by atoms with E-state index in [0.717, 1.165) is 13.0 Å². The number of hydrogen-bond donors (Lipinski definition) is 2. The number of aliphatic carboxylic acids is 1. The molecule has 0 saturated heterocycles.